The van der Waals surface area contributed by atoms with Crippen molar-refractivity contribution in [3.8, 4) is 0 Å². The molecule has 0 atom stereocenters. The molecule has 2 nitrogen and oxygen atoms in total. The van der Waals surface area contributed by atoms with Gasteiger partial charge < -0.3 is 5.21 Å². The smallest absolute Gasteiger partial charge is 0.137 e. The zero-order valence-electron chi connectivity index (χ0n) is 7.87. The molecule has 2 bridgehead atoms. The molecule has 3 aliphatic rings. The van der Waals surface area contributed by atoms with E-state index in [9.17, 15) is 4.39 Å². The summed E-state index contributed by atoms with van der Waals surface area (Å²) in [6.45, 7) is 0. The van der Waals surface area contributed by atoms with Crippen LogP contribution in [0.5, 0.6) is 0 Å². The van der Waals surface area contributed by atoms with Crippen LogP contribution in [0.3, 0.4) is 0 Å². The summed E-state index contributed by atoms with van der Waals surface area (Å²) in [5.41, 5.74) is 2.61. The predicted octanol–water partition coefficient (Wildman–Crippen LogP) is 3.27. The van der Waals surface area contributed by atoms with Crippen LogP contribution in [-0.4, -0.2) is 10.9 Å². The second kappa shape index (κ2) is 3.04. The fraction of sp³-hybridized carbons (Fsp3) is 0.364. The molecular weight excluding hydrogens is 261 g/mol. The average molecular weight is 270 g/mol. The lowest BCUT2D eigenvalue weighted by Gasteiger charge is -2.42. The molecule has 4 heteroatoms. The molecule has 1 aromatic carbocycles. The SMILES string of the molecule is ON=C1c2cc(Br)c(F)cc2C2CC1C2. The van der Waals surface area contributed by atoms with Crippen molar-refractivity contribution in [3.63, 3.8) is 0 Å². The summed E-state index contributed by atoms with van der Waals surface area (Å²) in [4.78, 5) is 0. The van der Waals surface area contributed by atoms with Gasteiger partial charge in [-0.25, -0.2) is 4.39 Å². The van der Waals surface area contributed by atoms with Crippen molar-refractivity contribution in [1.82, 2.24) is 0 Å². The van der Waals surface area contributed by atoms with Crippen molar-refractivity contribution in [2.75, 3.05) is 0 Å². The van der Waals surface area contributed by atoms with Crippen LogP contribution < -0.4 is 0 Å². The zero-order chi connectivity index (χ0) is 10.6. The monoisotopic (exact) mass is 269 g/mol. The summed E-state index contributed by atoms with van der Waals surface area (Å²) in [6.07, 6.45) is 1.99. The van der Waals surface area contributed by atoms with E-state index in [4.69, 9.17) is 5.21 Å². The van der Waals surface area contributed by atoms with Crippen molar-refractivity contribution in [1.29, 1.82) is 0 Å². The Labute approximate surface area is 94.9 Å². The van der Waals surface area contributed by atoms with E-state index in [2.05, 4.69) is 21.1 Å². The van der Waals surface area contributed by atoms with E-state index in [0.717, 1.165) is 24.0 Å². The number of oxime groups is 1. The van der Waals surface area contributed by atoms with Crippen LogP contribution in [0.2, 0.25) is 0 Å². The van der Waals surface area contributed by atoms with Gasteiger partial charge in [0.2, 0.25) is 0 Å². The van der Waals surface area contributed by atoms with Crippen molar-refractivity contribution < 1.29 is 9.60 Å². The van der Waals surface area contributed by atoms with Crippen LogP contribution in [0.15, 0.2) is 21.8 Å². The number of hydrogen-bond donors (Lipinski definition) is 1. The molecule has 0 aliphatic heterocycles. The van der Waals surface area contributed by atoms with Gasteiger partial charge in [-0.3, -0.25) is 0 Å². The Hall–Kier alpha value is -0.900. The van der Waals surface area contributed by atoms with Crippen LogP contribution in [0, 0.1) is 11.7 Å². The summed E-state index contributed by atoms with van der Waals surface area (Å²) in [7, 11) is 0. The minimum atomic E-state index is -0.239. The molecular formula is C11H9BrFNO. The molecule has 0 aromatic heterocycles. The molecule has 0 saturated heterocycles. The molecule has 3 aliphatic carbocycles. The van der Waals surface area contributed by atoms with Gasteiger partial charge in [0.05, 0.1) is 10.2 Å². The van der Waals surface area contributed by atoms with E-state index in [1.807, 2.05) is 0 Å². The Morgan fingerprint density at radius 3 is 2.73 bits per heavy atom. The number of benzene rings is 1. The van der Waals surface area contributed by atoms with Crippen LogP contribution in [0.25, 0.3) is 0 Å². The van der Waals surface area contributed by atoms with Crippen molar-refractivity contribution in [2.45, 2.75) is 18.8 Å². The third-order valence-electron chi connectivity index (χ3n) is 3.44. The van der Waals surface area contributed by atoms with E-state index in [-0.39, 0.29) is 5.82 Å². The molecule has 0 radical (unpaired) electrons. The Kier molecular flexibility index (Phi) is 1.89. The highest BCUT2D eigenvalue weighted by Gasteiger charge is 2.42. The van der Waals surface area contributed by atoms with Gasteiger partial charge in [-0.05, 0) is 52.4 Å². The summed E-state index contributed by atoms with van der Waals surface area (Å²) < 4.78 is 13.8. The fourth-order valence-electron chi connectivity index (χ4n) is 2.57. The van der Waals surface area contributed by atoms with Crippen molar-refractivity contribution >= 4 is 21.6 Å². The molecule has 0 heterocycles. The Balaban J connectivity index is 2.24. The van der Waals surface area contributed by atoms with E-state index in [1.54, 1.807) is 12.1 Å². The molecule has 1 aromatic rings. The molecule has 1 saturated carbocycles. The van der Waals surface area contributed by atoms with E-state index in [1.165, 1.54) is 0 Å². The van der Waals surface area contributed by atoms with Crippen LogP contribution in [-0.2, 0) is 0 Å². The molecule has 0 unspecified atom stereocenters. The van der Waals surface area contributed by atoms with Crippen LogP contribution >= 0.6 is 15.9 Å². The number of nitrogens with zero attached hydrogens (tertiary/aromatic N) is 1. The Morgan fingerprint density at radius 1 is 1.33 bits per heavy atom. The summed E-state index contributed by atoms with van der Waals surface area (Å²) in [6, 6.07) is 3.28. The largest absolute Gasteiger partial charge is 0.411 e. The minimum Gasteiger partial charge on any atom is -0.411 e. The maximum absolute atomic E-state index is 13.4. The van der Waals surface area contributed by atoms with Gasteiger partial charge in [-0.2, -0.15) is 0 Å². The van der Waals surface area contributed by atoms with Crippen molar-refractivity contribution in [3.05, 3.63) is 33.5 Å². The standard InChI is InChI=1S/C11H9BrFNO/c12-9-3-8-7(4-10(9)13)5-1-6(2-5)11(8)14-15/h3-6,15H,1-2H2. The number of halogens is 2. The summed E-state index contributed by atoms with van der Waals surface area (Å²) >= 11 is 3.15. The highest BCUT2D eigenvalue weighted by Crippen LogP contribution is 2.50. The highest BCUT2D eigenvalue weighted by atomic mass is 79.9. The fourth-order valence-corrected chi connectivity index (χ4v) is 2.92. The maximum atomic E-state index is 13.4. The second-order valence-electron chi connectivity index (χ2n) is 4.20. The lowest BCUT2D eigenvalue weighted by molar-refractivity contribution is 0.286. The number of hydrogen-bond acceptors (Lipinski definition) is 2. The topological polar surface area (TPSA) is 32.6 Å². The van der Waals surface area contributed by atoms with Gasteiger partial charge in [-0.15, -0.1) is 0 Å². The highest BCUT2D eigenvalue weighted by molar-refractivity contribution is 9.10. The first kappa shape index (κ1) is 9.33. The van der Waals surface area contributed by atoms with Gasteiger partial charge in [0.15, 0.2) is 0 Å². The van der Waals surface area contributed by atoms with E-state index < -0.39 is 0 Å². The third-order valence-corrected chi connectivity index (χ3v) is 4.05. The molecule has 15 heavy (non-hydrogen) atoms. The van der Waals surface area contributed by atoms with Gasteiger partial charge >= 0.3 is 0 Å². The Morgan fingerprint density at radius 2 is 2.07 bits per heavy atom. The second-order valence-corrected chi connectivity index (χ2v) is 5.06. The first-order valence-corrected chi connectivity index (χ1v) is 5.71. The van der Waals surface area contributed by atoms with Gasteiger partial charge in [0.25, 0.3) is 0 Å². The first-order valence-electron chi connectivity index (χ1n) is 4.92. The molecule has 4 rings (SSSR count). The molecule has 1 fully saturated rings. The lowest BCUT2D eigenvalue weighted by atomic mass is 9.61. The summed E-state index contributed by atoms with van der Waals surface area (Å²) in [5, 5.41) is 12.3. The quantitative estimate of drug-likeness (QED) is 0.569. The van der Waals surface area contributed by atoms with Gasteiger partial charge in [0, 0.05) is 11.5 Å². The third kappa shape index (κ3) is 1.17. The number of rotatable bonds is 0. The maximum Gasteiger partial charge on any atom is 0.137 e. The van der Waals surface area contributed by atoms with E-state index in [0.29, 0.717) is 22.0 Å². The molecule has 0 amide bonds. The van der Waals surface area contributed by atoms with Gasteiger partial charge in [-0.1, -0.05) is 5.16 Å². The normalized spacial score (nSPS) is 29.9. The molecule has 1 N–H and O–H groups in total. The Bertz CT molecular complexity index is 466. The minimum absolute atomic E-state index is 0.239. The summed E-state index contributed by atoms with van der Waals surface area (Å²) in [5.74, 6) is 0.583. The van der Waals surface area contributed by atoms with Crippen molar-refractivity contribution in [2.24, 2.45) is 11.1 Å². The zero-order valence-corrected chi connectivity index (χ0v) is 9.46. The first-order chi connectivity index (χ1) is 7.20. The average Bonchev–Trinajstić information content (AvgIpc) is 2.16. The lowest BCUT2D eigenvalue weighted by Crippen LogP contribution is -2.36. The van der Waals surface area contributed by atoms with Crippen LogP contribution in [0.1, 0.15) is 29.9 Å². The predicted molar refractivity (Wildman–Crippen MR) is 57.9 cm³/mol. The molecule has 78 valence electrons. The van der Waals surface area contributed by atoms with E-state index >= 15 is 0 Å². The van der Waals surface area contributed by atoms with Crippen LogP contribution in [0.4, 0.5) is 4.39 Å². The molecule has 0 spiro atoms. The van der Waals surface area contributed by atoms with Gasteiger partial charge in [0.1, 0.15) is 5.82 Å².